The highest BCUT2D eigenvalue weighted by Gasteiger charge is 2.22. The van der Waals surface area contributed by atoms with E-state index in [1.807, 2.05) is 6.92 Å². The molecule has 0 radical (unpaired) electrons. The quantitative estimate of drug-likeness (QED) is 0.750. The second-order valence-electron chi connectivity index (χ2n) is 4.35. The summed E-state index contributed by atoms with van der Waals surface area (Å²) in [6, 6.07) is 1.77. The summed E-state index contributed by atoms with van der Waals surface area (Å²) in [6.07, 6.45) is 3.18. The SMILES string of the molecule is COC(=O)C(C)CS(=O)(=O)Cc1cncc(C)c1. The lowest BCUT2D eigenvalue weighted by Gasteiger charge is -2.10. The van der Waals surface area contributed by atoms with Gasteiger partial charge in [-0.25, -0.2) is 8.42 Å². The topological polar surface area (TPSA) is 73.3 Å². The first-order valence-electron chi connectivity index (χ1n) is 5.53. The second-order valence-corrected chi connectivity index (χ2v) is 6.46. The van der Waals surface area contributed by atoms with Crippen LogP contribution in [0.15, 0.2) is 18.5 Å². The largest absolute Gasteiger partial charge is 0.469 e. The van der Waals surface area contributed by atoms with Crippen LogP contribution in [0.25, 0.3) is 0 Å². The standard InChI is InChI=1S/C12H17NO4S/c1-9-4-11(6-13-5-9)8-18(15,16)7-10(2)12(14)17-3/h4-6,10H,7-8H2,1-3H3. The van der Waals surface area contributed by atoms with Gasteiger partial charge in [0.1, 0.15) is 0 Å². The Morgan fingerprint density at radius 2 is 2.11 bits per heavy atom. The predicted octanol–water partition coefficient (Wildman–Crippen LogP) is 1.11. The van der Waals surface area contributed by atoms with E-state index in [0.717, 1.165) is 5.56 Å². The molecule has 0 aromatic carbocycles. The zero-order valence-electron chi connectivity index (χ0n) is 10.7. The van der Waals surface area contributed by atoms with E-state index in [2.05, 4.69) is 9.72 Å². The van der Waals surface area contributed by atoms with Gasteiger partial charge in [-0.2, -0.15) is 0 Å². The van der Waals surface area contributed by atoms with Crippen LogP contribution in [-0.4, -0.2) is 32.2 Å². The summed E-state index contributed by atoms with van der Waals surface area (Å²) in [7, 11) is -2.10. The Morgan fingerprint density at radius 3 is 2.67 bits per heavy atom. The number of hydrogen-bond acceptors (Lipinski definition) is 5. The van der Waals surface area contributed by atoms with Crippen LogP contribution in [0.1, 0.15) is 18.1 Å². The van der Waals surface area contributed by atoms with Crippen molar-refractivity contribution in [1.82, 2.24) is 4.98 Å². The molecular formula is C12H17NO4S. The van der Waals surface area contributed by atoms with E-state index in [1.165, 1.54) is 20.2 Å². The zero-order chi connectivity index (χ0) is 13.8. The molecule has 1 aromatic heterocycles. The number of hydrogen-bond donors (Lipinski definition) is 0. The number of sulfone groups is 1. The number of ether oxygens (including phenoxy) is 1. The third-order valence-electron chi connectivity index (χ3n) is 2.43. The van der Waals surface area contributed by atoms with Crippen molar-refractivity contribution in [2.24, 2.45) is 5.92 Å². The average molecular weight is 271 g/mol. The molecule has 1 unspecified atom stereocenters. The monoisotopic (exact) mass is 271 g/mol. The minimum atomic E-state index is -3.35. The first kappa shape index (κ1) is 14.6. The maximum absolute atomic E-state index is 11.9. The van der Waals surface area contributed by atoms with Crippen molar-refractivity contribution in [1.29, 1.82) is 0 Å². The number of pyridine rings is 1. The highest BCUT2D eigenvalue weighted by molar-refractivity contribution is 7.90. The van der Waals surface area contributed by atoms with Crippen LogP contribution in [0.5, 0.6) is 0 Å². The molecule has 0 aliphatic carbocycles. The van der Waals surface area contributed by atoms with Crippen LogP contribution in [0.2, 0.25) is 0 Å². The summed E-state index contributed by atoms with van der Waals surface area (Å²) in [6.45, 7) is 3.39. The summed E-state index contributed by atoms with van der Waals surface area (Å²) in [5.74, 6) is -1.49. The fourth-order valence-electron chi connectivity index (χ4n) is 1.66. The van der Waals surface area contributed by atoms with Gasteiger partial charge in [0.15, 0.2) is 9.84 Å². The lowest BCUT2D eigenvalue weighted by Crippen LogP contribution is -2.23. The minimum Gasteiger partial charge on any atom is -0.469 e. The van der Waals surface area contributed by atoms with E-state index in [1.54, 1.807) is 12.3 Å². The normalized spacial score (nSPS) is 13.1. The van der Waals surface area contributed by atoms with Crippen molar-refractivity contribution >= 4 is 15.8 Å². The van der Waals surface area contributed by atoms with Crippen LogP contribution in [-0.2, 0) is 25.1 Å². The lowest BCUT2D eigenvalue weighted by atomic mass is 10.2. The molecule has 18 heavy (non-hydrogen) atoms. The number of nitrogens with zero attached hydrogens (tertiary/aromatic N) is 1. The Bertz CT molecular complexity index is 525. The molecule has 1 atom stereocenters. The van der Waals surface area contributed by atoms with Crippen molar-refractivity contribution in [3.63, 3.8) is 0 Å². The number of carbonyl (C=O) groups excluding carboxylic acids is 1. The molecular weight excluding hydrogens is 254 g/mol. The zero-order valence-corrected chi connectivity index (χ0v) is 11.5. The number of esters is 1. The molecule has 100 valence electrons. The highest BCUT2D eigenvalue weighted by Crippen LogP contribution is 2.11. The number of rotatable bonds is 5. The summed E-state index contributed by atoms with van der Waals surface area (Å²) in [5.41, 5.74) is 1.54. The smallest absolute Gasteiger partial charge is 0.309 e. The van der Waals surface area contributed by atoms with Gasteiger partial charge in [-0.15, -0.1) is 0 Å². The first-order chi connectivity index (χ1) is 8.34. The molecule has 0 fully saturated rings. The molecule has 0 saturated heterocycles. The predicted molar refractivity (Wildman–Crippen MR) is 67.6 cm³/mol. The number of methoxy groups -OCH3 is 1. The fourth-order valence-corrected chi connectivity index (χ4v) is 3.34. The lowest BCUT2D eigenvalue weighted by molar-refractivity contribution is -0.144. The van der Waals surface area contributed by atoms with E-state index < -0.39 is 21.7 Å². The van der Waals surface area contributed by atoms with Crippen LogP contribution < -0.4 is 0 Å². The molecule has 1 rings (SSSR count). The molecule has 0 spiro atoms. The molecule has 0 amide bonds. The Labute approximate surface area is 107 Å². The molecule has 1 aromatic rings. The van der Waals surface area contributed by atoms with E-state index in [-0.39, 0.29) is 11.5 Å². The summed E-state index contributed by atoms with van der Waals surface area (Å²) in [5, 5.41) is 0. The van der Waals surface area contributed by atoms with Crippen LogP contribution >= 0.6 is 0 Å². The molecule has 1 heterocycles. The van der Waals surface area contributed by atoms with Gasteiger partial charge in [0.2, 0.25) is 0 Å². The Kier molecular flexibility index (Phi) is 4.84. The molecule has 0 aliphatic rings. The summed E-state index contributed by atoms with van der Waals surface area (Å²) >= 11 is 0. The van der Waals surface area contributed by atoms with Gasteiger partial charge in [-0.1, -0.05) is 13.0 Å². The number of carbonyl (C=O) groups is 1. The van der Waals surface area contributed by atoms with Gasteiger partial charge in [-0.3, -0.25) is 9.78 Å². The van der Waals surface area contributed by atoms with Gasteiger partial charge in [-0.05, 0) is 18.1 Å². The van der Waals surface area contributed by atoms with E-state index in [4.69, 9.17) is 0 Å². The second kappa shape index (κ2) is 5.95. The van der Waals surface area contributed by atoms with Crippen molar-refractivity contribution in [3.8, 4) is 0 Å². The van der Waals surface area contributed by atoms with Crippen LogP contribution in [0.4, 0.5) is 0 Å². The van der Waals surface area contributed by atoms with Crippen molar-refractivity contribution in [2.75, 3.05) is 12.9 Å². The van der Waals surface area contributed by atoms with Gasteiger partial charge >= 0.3 is 5.97 Å². The van der Waals surface area contributed by atoms with E-state index in [0.29, 0.717) is 5.56 Å². The van der Waals surface area contributed by atoms with Crippen molar-refractivity contribution < 1.29 is 17.9 Å². The number of aromatic nitrogens is 1. The maximum Gasteiger partial charge on any atom is 0.309 e. The average Bonchev–Trinajstić information content (AvgIpc) is 2.26. The fraction of sp³-hybridized carbons (Fsp3) is 0.500. The number of aryl methyl sites for hydroxylation is 1. The van der Waals surface area contributed by atoms with Gasteiger partial charge in [0.05, 0.1) is 24.5 Å². The van der Waals surface area contributed by atoms with Crippen molar-refractivity contribution in [3.05, 3.63) is 29.6 Å². The molecule has 0 aliphatic heterocycles. The molecule has 0 N–H and O–H groups in total. The van der Waals surface area contributed by atoms with Gasteiger partial charge < -0.3 is 4.74 Å². The van der Waals surface area contributed by atoms with E-state index >= 15 is 0 Å². The molecule has 6 heteroatoms. The Balaban J connectivity index is 2.74. The molecule has 5 nitrogen and oxygen atoms in total. The van der Waals surface area contributed by atoms with Gasteiger partial charge in [0, 0.05) is 12.4 Å². The van der Waals surface area contributed by atoms with Crippen LogP contribution in [0.3, 0.4) is 0 Å². The molecule has 0 saturated carbocycles. The first-order valence-corrected chi connectivity index (χ1v) is 7.35. The molecule has 0 bridgehead atoms. The van der Waals surface area contributed by atoms with Gasteiger partial charge in [0.25, 0.3) is 0 Å². The highest BCUT2D eigenvalue weighted by atomic mass is 32.2. The summed E-state index contributed by atoms with van der Waals surface area (Å²) < 4.78 is 28.3. The third-order valence-corrected chi connectivity index (χ3v) is 4.21. The van der Waals surface area contributed by atoms with Crippen LogP contribution in [0, 0.1) is 12.8 Å². The van der Waals surface area contributed by atoms with E-state index in [9.17, 15) is 13.2 Å². The summed E-state index contributed by atoms with van der Waals surface area (Å²) in [4.78, 5) is 15.1. The van der Waals surface area contributed by atoms with Crippen molar-refractivity contribution in [2.45, 2.75) is 19.6 Å². The maximum atomic E-state index is 11.9. The minimum absolute atomic E-state index is 0.108. The Morgan fingerprint density at radius 1 is 1.44 bits per heavy atom. The Hall–Kier alpha value is -1.43. The third kappa shape index (κ3) is 4.44.